The van der Waals surface area contributed by atoms with Gasteiger partial charge in [-0.05, 0) is 37.5 Å². The van der Waals surface area contributed by atoms with Gasteiger partial charge in [-0.1, -0.05) is 39.8 Å². The number of nitrogens with one attached hydrogen (secondary N) is 1. The zero-order chi connectivity index (χ0) is 22.5. The van der Waals surface area contributed by atoms with Crippen LogP contribution in [0.25, 0.3) is 5.69 Å². The molecule has 2 rings (SSSR count). The summed E-state index contributed by atoms with van der Waals surface area (Å²) in [6, 6.07) is 7.92. The van der Waals surface area contributed by atoms with Crippen molar-refractivity contribution in [3.05, 3.63) is 41.1 Å². The fraction of sp³-hybridized carbons (Fsp3) is 0.522. The summed E-state index contributed by atoms with van der Waals surface area (Å²) in [4.78, 5) is 26.6. The highest BCUT2D eigenvalue weighted by molar-refractivity contribution is 5.94. The third-order valence-corrected chi connectivity index (χ3v) is 5.00. The smallest absolute Gasteiger partial charge is 0.249 e. The molecule has 1 aromatic heterocycles. The van der Waals surface area contributed by atoms with E-state index in [0.29, 0.717) is 12.4 Å². The van der Waals surface area contributed by atoms with Crippen LogP contribution in [0.3, 0.4) is 0 Å². The van der Waals surface area contributed by atoms with E-state index in [2.05, 4.69) is 39.1 Å². The van der Waals surface area contributed by atoms with Crippen LogP contribution in [0.5, 0.6) is 0 Å². The van der Waals surface area contributed by atoms with Crippen molar-refractivity contribution >= 4 is 17.6 Å². The predicted octanol–water partition coefficient (Wildman–Crippen LogP) is 3.61. The number of methoxy groups -OCH3 is 1. The first-order valence-corrected chi connectivity index (χ1v) is 10.3. The maximum Gasteiger partial charge on any atom is 0.249 e. The number of amides is 2. The lowest BCUT2D eigenvalue weighted by Gasteiger charge is -2.21. The Morgan fingerprint density at radius 2 is 1.93 bits per heavy atom. The molecule has 0 saturated carbocycles. The van der Waals surface area contributed by atoms with Gasteiger partial charge in [0, 0.05) is 25.1 Å². The van der Waals surface area contributed by atoms with Crippen LogP contribution in [0.2, 0.25) is 0 Å². The Morgan fingerprint density at radius 1 is 1.23 bits per heavy atom. The monoisotopic (exact) mass is 414 g/mol. The average Bonchev–Trinajstić information content (AvgIpc) is 3.07. The maximum absolute atomic E-state index is 12.8. The molecule has 0 aliphatic rings. The second kappa shape index (κ2) is 9.89. The summed E-state index contributed by atoms with van der Waals surface area (Å²) < 4.78 is 6.72. The minimum Gasteiger partial charge on any atom is -0.375 e. The van der Waals surface area contributed by atoms with E-state index in [9.17, 15) is 9.59 Å². The second-order valence-corrected chi connectivity index (χ2v) is 8.59. The topological polar surface area (TPSA) is 76.5 Å². The van der Waals surface area contributed by atoms with E-state index in [1.807, 2.05) is 32.0 Å². The third-order valence-electron chi connectivity index (χ3n) is 5.00. The predicted molar refractivity (Wildman–Crippen MR) is 119 cm³/mol. The highest BCUT2D eigenvalue weighted by Gasteiger charge is 2.23. The highest BCUT2D eigenvalue weighted by Crippen LogP contribution is 2.28. The normalized spacial score (nSPS) is 11.4. The SMILES string of the molecule is CCCN(CC(=O)Nc1cc(C(C)(C)C)nn1-c1cccc(C)c1C)C(=O)COC. The standard InChI is InChI=1S/C23H34N4O3/c1-8-12-26(22(29)15-30-7)14-21(28)24-20-13-19(23(4,5)6)25-27(20)18-11-9-10-16(2)17(18)3/h9-11,13H,8,12,14-15H2,1-7H3,(H,24,28). The summed E-state index contributed by atoms with van der Waals surface area (Å²) in [6.07, 6.45) is 0.761. The zero-order valence-corrected chi connectivity index (χ0v) is 19.2. The molecular weight excluding hydrogens is 380 g/mol. The first-order chi connectivity index (χ1) is 14.1. The van der Waals surface area contributed by atoms with Crippen molar-refractivity contribution in [3.8, 4) is 5.69 Å². The summed E-state index contributed by atoms with van der Waals surface area (Å²) >= 11 is 0. The molecule has 0 atom stereocenters. The van der Waals surface area contributed by atoms with Gasteiger partial charge in [0.05, 0.1) is 17.9 Å². The quantitative estimate of drug-likeness (QED) is 0.716. The van der Waals surface area contributed by atoms with Crippen molar-refractivity contribution in [2.75, 3.05) is 32.1 Å². The van der Waals surface area contributed by atoms with Crippen molar-refractivity contribution in [2.24, 2.45) is 0 Å². The molecule has 0 radical (unpaired) electrons. The van der Waals surface area contributed by atoms with Gasteiger partial charge in [-0.15, -0.1) is 0 Å². The van der Waals surface area contributed by atoms with Gasteiger partial charge in [0.2, 0.25) is 11.8 Å². The number of nitrogens with zero attached hydrogens (tertiary/aromatic N) is 3. The van der Waals surface area contributed by atoms with Gasteiger partial charge < -0.3 is 15.0 Å². The summed E-state index contributed by atoms with van der Waals surface area (Å²) in [7, 11) is 1.47. The van der Waals surface area contributed by atoms with Crippen LogP contribution in [-0.4, -0.2) is 53.3 Å². The van der Waals surface area contributed by atoms with Gasteiger partial charge in [0.15, 0.2) is 0 Å². The van der Waals surface area contributed by atoms with Crippen LogP contribution < -0.4 is 5.32 Å². The Hall–Kier alpha value is -2.67. The summed E-state index contributed by atoms with van der Waals surface area (Å²) in [6.45, 7) is 12.7. The molecule has 164 valence electrons. The van der Waals surface area contributed by atoms with E-state index >= 15 is 0 Å². The third kappa shape index (κ3) is 5.69. The van der Waals surface area contributed by atoms with E-state index < -0.39 is 0 Å². The molecule has 0 aliphatic carbocycles. The van der Waals surface area contributed by atoms with Gasteiger partial charge in [-0.2, -0.15) is 5.10 Å². The molecule has 0 unspecified atom stereocenters. The average molecular weight is 415 g/mol. The number of ether oxygens (including phenoxy) is 1. The highest BCUT2D eigenvalue weighted by atomic mass is 16.5. The lowest BCUT2D eigenvalue weighted by Crippen LogP contribution is -2.40. The number of hydrogen-bond donors (Lipinski definition) is 1. The first-order valence-electron chi connectivity index (χ1n) is 10.3. The fourth-order valence-electron chi connectivity index (χ4n) is 3.12. The van der Waals surface area contributed by atoms with E-state index in [0.717, 1.165) is 28.9 Å². The molecule has 0 bridgehead atoms. The van der Waals surface area contributed by atoms with Gasteiger partial charge in [0.25, 0.3) is 0 Å². The van der Waals surface area contributed by atoms with Crippen molar-refractivity contribution in [2.45, 2.75) is 53.4 Å². The van der Waals surface area contributed by atoms with Crippen LogP contribution in [-0.2, 0) is 19.7 Å². The largest absolute Gasteiger partial charge is 0.375 e. The number of hydrogen-bond acceptors (Lipinski definition) is 4. The lowest BCUT2D eigenvalue weighted by atomic mass is 9.92. The second-order valence-electron chi connectivity index (χ2n) is 8.59. The Balaban J connectivity index is 2.36. The minimum absolute atomic E-state index is 0.0289. The van der Waals surface area contributed by atoms with Crippen LogP contribution in [0.1, 0.15) is 50.9 Å². The molecule has 1 aromatic carbocycles. The van der Waals surface area contributed by atoms with Gasteiger partial charge >= 0.3 is 0 Å². The number of anilines is 1. The molecule has 1 heterocycles. The molecule has 7 heteroatoms. The molecule has 30 heavy (non-hydrogen) atoms. The number of aromatic nitrogens is 2. The van der Waals surface area contributed by atoms with Crippen molar-refractivity contribution in [3.63, 3.8) is 0 Å². The Labute approximate surface area is 179 Å². The van der Waals surface area contributed by atoms with Crippen LogP contribution in [0.15, 0.2) is 24.3 Å². The molecule has 0 saturated heterocycles. The number of rotatable bonds is 8. The summed E-state index contributed by atoms with van der Waals surface area (Å²) in [5.74, 6) is 0.127. The molecule has 7 nitrogen and oxygen atoms in total. The van der Waals surface area contributed by atoms with E-state index in [1.54, 1.807) is 4.68 Å². The lowest BCUT2D eigenvalue weighted by molar-refractivity contribution is -0.138. The summed E-state index contributed by atoms with van der Waals surface area (Å²) in [5, 5.41) is 7.75. The molecule has 0 spiro atoms. The Kier molecular flexibility index (Phi) is 7.78. The van der Waals surface area contributed by atoms with Gasteiger partial charge in [-0.25, -0.2) is 4.68 Å². The maximum atomic E-state index is 12.8. The van der Waals surface area contributed by atoms with Crippen LogP contribution in [0, 0.1) is 13.8 Å². The fourth-order valence-corrected chi connectivity index (χ4v) is 3.12. The zero-order valence-electron chi connectivity index (χ0n) is 19.2. The molecule has 0 aliphatic heterocycles. The molecule has 1 N–H and O–H groups in total. The number of carbonyl (C=O) groups is 2. The van der Waals surface area contributed by atoms with Gasteiger partial charge in [-0.3, -0.25) is 9.59 Å². The molecule has 0 fully saturated rings. The number of carbonyl (C=O) groups excluding carboxylic acids is 2. The van der Waals surface area contributed by atoms with Crippen LogP contribution >= 0.6 is 0 Å². The van der Waals surface area contributed by atoms with Crippen LogP contribution in [0.4, 0.5) is 5.82 Å². The van der Waals surface area contributed by atoms with E-state index in [-0.39, 0.29) is 30.4 Å². The number of aryl methyl sites for hydroxylation is 1. The Morgan fingerprint density at radius 3 is 2.53 bits per heavy atom. The van der Waals surface area contributed by atoms with Gasteiger partial charge in [0.1, 0.15) is 12.4 Å². The Bertz CT molecular complexity index is 896. The van der Waals surface area contributed by atoms with Crippen molar-refractivity contribution in [1.29, 1.82) is 0 Å². The molecule has 2 aromatic rings. The molecule has 2 amide bonds. The molecular formula is C23H34N4O3. The minimum atomic E-state index is -0.264. The first kappa shape index (κ1) is 23.6. The van der Waals surface area contributed by atoms with E-state index in [1.165, 1.54) is 12.0 Å². The van der Waals surface area contributed by atoms with Crippen molar-refractivity contribution < 1.29 is 14.3 Å². The number of benzene rings is 1. The van der Waals surface area contributed by atoms with Crippen molar-refractivity contribution in [1.82, 2.24) is 14.7 Å². The summed E-state index contributed by atoms with van der Waals surface area (Å²) in [5.41, 5.74) is 3.86. The van der Waals surface area contributed by atoms with E-state index in [4.69, 9.17) is 9.84 Å².